The van der Waals surface area contributed by atoms with Crippen molar-refractivity contribution in [3.63, 3.8) is 0 Å². The molecule has 37 nitrogen and oxygen atoms in total. The first-order valence-corrected chi connectivity index (χ1v) is 52.4. The van der Waals surface area contributed by atoms with Crippen molar-refractivity contribution in [1.82, 2.24) is 30.4 Å². The Morgan fingerprint density at radius 2 is 1.09 bits per heavy atom. The van der Waals surface area contributed by atoms with Crippen molar-refractivity contribution in [3.05, 3.63) is 239 Å². The van der Waals surface area contributed by atoms with Crippen LogP contribution >= 0.6 is 105 Å². The Bertz CT molecular complexity index is 5680. The minimum Gasteiger partial charge on any atom is -0.481 e. The van der Waals surface area contributed by atoms with E-state index in [2.05, 4.69) is 44.5 Å². The quantitative estimate of drug-likeness (QED) is 0.00421. The summed E-state index contributed by atoms with van der Waals surface area (Å²) in [5.74, 6) is -7.05. The second-order valence-corrected chi connectivity index (χ2v) is 39.0. The van der Waals surface area contributed by atoms with Gasteiger partial charge >= 0.3 is 35.8 Å². The maximum absolute atomic E-state index is 12.8. The number of nitrogens with zero attached hydrogens (tertiary/aromatic N) is 2. The van der Waals surface area contributed by atoms with E-state index in [1.807, 2.05) is 136 Å². The molecule has 11 atom stereocenters. The fraction of sp³-hybridized carbons (Fsp3) is 0.327. The van der Waals surface area contributed by atoms with Crippen LogP contribution in [0.2, 0.25) is 0 Å². The highest BCUT2D eigenvalue weighted by atomic mass is 32.2. The van der Waals surface area contributed by atoms with Gasteiger partial charge in [0.25, 0.3) is 0 Å². The van der Waals surface area contributed by atoms with Gasteiger partial charge in [-0.15, -0.1) is 57.1 Å². The summed E-state index contributed by atoms with van der Waals surface area (Å²) in [5.41, 5.74) is 23.8. The first kappa shape index (κ1) is 118. The van der Waals surface area contributed by atoms with Gasteiger partial charge in [0.15, 0.2) is 17.3 Å². The molecular weight excluding hydrogens is 2040 g/mol. The Morgan fingerprint density at radius 1 is 0.583 bits per heavy atom. The molecule has 1 fully saturated rings. The topological polar surface area (TPSA) is 618 Å². The van der Waals surface area contributed by atoms with E-state index < -0.39 is 119 Å². The number of aryl methyl sites for hydroxylation is 2. The molecule has 0 spiro atoms. The van der Waals surface area contributed by atoms with Crippen molar-refractivity contribution in [2.45, 2.75) is 162 Å². The molecule has 11 unspecified atom stereocenters. The van der Waals surface area contributed by atoms with E-state index in [4.69, 9.17) is 77.3 Å². The lowest BCUT2D eigenvalue weighted by Crippen LogP contribution is -2.52. The Morgan fingerprint density at radius 3 is 1.56 bits per heavy atom. The van der Waals surface area contributed by atoms with E-state index in [1.165, 1.54) is 80.1 Å². The number of carbonyl (C=O) groups excluding carboxylic acids is 9. The number of ether oxygens (including phenoxy) is 1. The molecule has 11 aromatic rings. The zero-order valence-corrected chi connectivity index (χ0v) is 85.1. The molecule has 0 aromatic carbocycles. The zero-order chi connectivity index (χ0) is 105. The van der Waals surface area contributed by atoms with Gasteiger partial charge in [0.05, 0.1) is 95.9 Å². The maximum Gasteiger partial charge on any atom is 0.326 e. The van der Waals surface area contributed by atoms with E-state index >= 15 is 0 Å². The van der Waals surface area contributed by atoms with Crippen molar-refractivity contribution >= 4 is 205 Å². The van der Waals surface area contributed by atoms with Crippen LogP contribution < -0.4 is 44.2 Å². The number of Topliss-reactive ketones (excluding diaryl/α,β-unsaturated/α-hetero) is 2. The van der Waals surface area contributed by atoms with Gasteiger partial charge in [0.2, 0.25) is 23.6 Å². The Kier molecular flexibility index (Phi) is 53.3. The maximum atomic E-state index is 12.8. The summed E-state index contributed by atoms with van der Waals surface area (Å²) in [6, 6.07) is 32.8. The normalized spacial score (nSPS) is 15.7. The number of aromatic nitrogens is 2. The molecule has 770 valence electrons. The number of carboxylic acid groups (broad SMARTS) is 6. The number of allylic oxidation sites excluding steroid dienone is 4. The molecule has 18 N–H and O–H groups in total. The average Bonchev–Trinajstić information content (AvgIpc) is 1.62. The van der Waals surface area contributed by atoms with E-state index in [1.54, 1.807) is 107 Å². The van der Waals surface area contributed by atoms with E-state index in [0.717, 1.165) is 38.4 Å². The summed E-state index contributed by atoms with van der Waals surface area (Å²) in [5, 5.41) is 72.7. The molecular formula is C98H112N10O27S9. The van der Waals surface area contributed by atoms with Crippen molar-refractivity contribution in [3.8, 4) is 43.3 Å². The summed E-state index contributed by atoms with van der Waals surface area (Å²) >= 11 is 19.8. The van der Waals surface area contributed by atoms with Gasteiger partial charge in [-0.2, -0.15) is 24.4 Å². The highest BCUT2D eigenvalue weighted by molar-refractivity contribution is 8.09. The summed E-state index contributed by atoms with van der Waals surface area (Å²) < 4.78 is 35.3. The second kappa shape index (κ2) is 64.9. The predicted octanol–water partition coefficient (Wildman–Crippen LogP) is 14.1. The van der Waals surface area contributed by atoms with Gasteiger partial charge in [-0.3, -0.25) is 67.1 Å². The number of rotatable bonds is 45. The largest absolute Gasteiger partial charge is 0.481 e. The van der Waals surface area contributed by atoms with Crippen LogP contribution in [-0.4, -0.2) is 218 Å². The SMILES string of the molecule is C1=C(c2ccco2)SC2OC12.CSCC(NC(=O)CCC(N)C(=O)O)C(=O)CC(CCCN)C(=O)O.NC(CCC(=O)NC(CS)C(=O)CC(CCCn1cccc1-c1ccco1)C(=O)O)C(=O)O.NC(CCC(=O)NC1CSc2cc(-c3cccs3)n(c2)CCCC(C(=O)O)NC1=O)C(=O)O.O=C/C=C\C(=O)c1cccs1.O=C/C=C\C(=S)c1ccco1.c1coc(-c2cccs2)c1.c1coc(-c2cccs2)c1. The summed E-state index contributed by atoms with van der Waals surface area (Å²) in [6.45, 7) is 1.50. The number of carboxylic acids is 6. The third-order valence-corrected chi connectivity index (χ3v) is 27.8. The summed E-state index contributed by atoms with van der Waals surface area (Å²) in [4.78, 5) is 178. The van der Waals surface area contributed by atoms with E-state index in [0.29, 0.717) is 96.4 Å². The van der Waals surface area contributed by atoms with E-state index in [-0.39, 0.29) is 87.3 Å². The number of carbonyl (C=O) groups is 15. The number of nitrogens with one attached hydrogen (secondary N) is 4. The van der Waals surface area contributed by atoms with Crippen LogP contribution in [0, 0.1) is 11.8 Å². The van der Waals surface area contributed by atoms with Gasteiger partial charge in [0, 0.05) is 79.7 Å². The van der Waals surface area contributed by atoms with Crippen LogP contribution in [0.1, 0.15) is 111 Å². The molecule has 11 aromatic heterocycles. The third-order valence-electron chi connectivity index (χ3n) is 20.6. The fourth-order valence-electron chi connectivity index (χ4n) is 13.0. The zero-order valence-electron chi connectivity index (χ0n) is 77.7. The fourth-order valence-corrected chi connectivity index (χ4v) is 19.0. The Balaban J connectivity index is 0.000000234. The number of nitrogens with two attached hydrogens (primary N) is 4. The molecule has 0 saturated carbocycles. The molecule has 3 aliphatic rings. The predicted molar refractivity (Wildman–Crippen MR) is 557 cm³/mol. The molecule has 4 amide bonds. The summed E-state index contributed by atoms with van der Waals surface area (Å²) in [6.07, 6.45) is 24.2. The van der Waals surface area contributed by atoms with Crippen LogP contribution in [0.25, 0.3) is 48.2 Å². The van der Waals surface area contributed by atoms with Gasteiger partial charge in [-0.1, -0.05) is 48.2 Å². The number of aldehydes is 2. The first-order chi connectivity index (χ1) is 69.2. The van der Waals surface area contributed by atoms with Gasteiger partial charge in [-0.25, -0.2) is 4.79 Å². The van der Waals surface area contributed by atoms with Crippen molar-refractivity contribution in [1.29, 1.82) is 0 Å². The molecule has 144 heavy (non-hydrogen) atoms. The molecule has 0 radical (unpaired) electrons. The molecule has 1 saturated heterocycles. The minimum absolute atomic E-state index is 0.00221. The highest BCUT2D eigenvalue weighted by Crippen LogP contribution is 2.50. The van der Waals surface area contributed by atoms with Crippen LogP contribution in [0.5, 0.6) is 0 Å². The number of epoxide rings is 1. The number of aliphatic carboxylic acids is 6. The number of ketones is 3. The smallest absolute Gasteiger partial charge is 0.326 e. The van der Waals surface area contributed by atoms with Crippen molar-refractivity contribution < 1.29 is 129 Å². The van der Waals surface area contributed by atoms with Gasteiger partial charge in [0.1, 0.15) is 83.1 Å². The van der Waals surface area contributed by atoms with E-state index in [9.17, 15) is 87.2 Å². The lowest BCUT2D eigenvalue weighted by atomic mass is 9.94. The van der Waals surface area contributed by atoms with Crippen LogP contribution in [-0.2, 0) is 84.9 Å². The number of thioether (sulfide) groups is 3. The van der Waals surface area contributed by atoms with Gasteiger partial charge in [-0.05, 0) is 226 Å². The first-order valence-electron chi connectivity index (χ1n) is 44.6. The number of hydrogen-bond donors (Lipinski definition) is 15. The van der Waals surface area contributed by atoms with Crippen molar-refractivity contribution in [2.75, 3.05) is 30.1 Å². The average molecular weight is 2150 g/mol. The van der Waals surface area contributed by atoms with Crippen LogP contribution in [0.15, 0.2) is 250 Å². The number of amides is 4. The lowest BCUT2D eigenvalue weighted by Gasteiger charge is -2.22. The number of furan rings is 5. The third kappa shape index (κ3) is 42.7. The molecule has 14 rings (SSSR count). The molecule has 14 heterocycles. The number of fused-ring (bicyclic) bond motifs is 3. The Hall–Kier alpha value is -12.7. The van der Waals surface area contributed by atoms with Crippen LogP contribution in [0.3, 0.4) is 0 Å². The Labute approximate surface area is 867 Å². The number of thiocarbonyl (C=S) groups is 1. The molecule has 2 bridgehead atoms. The highest BCUT2D eigenvalue weighted by Gasteiger charge is 2.45. The number of thiol groups is 1. The molecule has 46 heteroatoms. The number of thiophene rings is 4. The molecule has 0 aliphatic carbocycles. The molecule has 3 aliphatic heterocycles. The van der Waals surface area contributed by atoms with Gasteiger partial charge < -0.3 is 111 Å². The lowest BCUT2D eigenvalue weighted by molar-refractivity contribution is -0.144. The van der Waals surface area contributed by atoms with Crippen molar-refractivity contribution in [2.24, 2.45) is 34.8 Å². The second-order valence-electron chi connectivity index (χ2n) is 31.3. The minimum atomic E-state index is -1.22. The summed E-state index contributed by atoms with van der Waals surface area (Å²) in [7, 11) is 0. The monoisotopic (exact) mass is 2150 g/mol. The standard InChI is InChI=1S/C22H29N3O7S.C21H26N4O6S2.C15H27N3O6S.3C8H6O2S.2C8H6OS/c23-15(22(30)31)7-8-20(27)24-16(13-33)18(26)12-14(21(28)29)4-1-9-25-10-2-5-17(25)19-6-3-11-32-19;22-13(20(28)29)5-6-18(26)23-15-11-33-12-9-16(17-4-2-8-32-17)25(10-12)7-1-3-14(21(30)31)24-19(15)27;1-25-8-11(18-13(20)5-4-10(17)15(23)24)12(19)7-9(14(21)22)3-2-6-16;1-2-5(9-3-1)7-4-6-8(10-6)11-7;9-5-1-4-8(11)7-3-2-6-10-7;9-5-1-3-7(10)8-4-2-6-11-8;2*1-3-7(9-5-1)8-4-2-6-10-8/h2-3,5-6,10-11,14-16,33H,1,4,7-9,12-13,23H2,(H,24,27)(H,28,29)(H,30,31);2,4,8-10,13-15H,1,3,5-7,11,22H2,(H,23,26)(H,24,27)(H,28,29)(H,30,31);9-11H,2-8,16-17H2,1H3,(H,18,20)(H,21,22)(H,23,24);1-4,6,8H;2*1-6H;2*1-6H/b;;;;4-1-;3-1-;;. The van der Waals surface area contributed by atoms with Crippen LogP contribution in [0.4, 0.5) is 0 Å². The number of hydrogen-bond acceptors (Lipinski definition) is 34.